The Morgan fingerprint density at radius 2 is 1.33 bits per heavy atom. The van der Waals surface area contributed by atoms with Crippen LogP contribution in [-0.4, -0.2) is 40.3 Å². The van der Waals surface area contributed by atoms with Crippen molar-refractivity contribution in [1.29, 1.82) is 0 Å². The summed E-state index contributed by atoms with van der Waals surface area (Å²) < 4.78 is 32.0. The molecule has 0 saturated carbocycles. The molecule has 0 unspecified atom stereocenters. The van der Waals surface area contributed by atoms with Gasteiger partial charge in [-0.05, 0) is 65.8 Å². The third-order valence-corrected chi connectivity index (χ3v) is 8.39. The molecule has 1 aromatic heterocycles. The topological polar surface area (TPSA) is 105 Å². The summed E-state index contributed by atoms with van der Waals surface area (Å²) in [4.78, 5) is 13.3. The second-order valence-electron chi connectivity index (χ2n) is 7.18. The van der Waals surface area contributed by atoms with Crippen molar-refractivity contribution in [2.75, 3.05) is 0 Å². The first-order valence-corrected chi connectivity index (χ1v) is 12.4. The average Bonchev–Trinajstić information content (AvgIpc) is 2.53. The smallest absolute Gasteiger partial charge is 0.300 e. The summed E-state index contributed by atoms with van der Waals surface area (Å²) in [7, 11) is -5.13. The van der Waals surface area contributed by atoms with E-state index in [0.717, 1.165) is 23.6 Å². The molecular formula is C21H33NO5PPdS+. The van der Waals surface area contributed by atoms with Crippen molar-refractivity contribution in [2.45, 2.75) is 64.7 Å². The molecule has 0 aliphatic heterocycles. The number of carboxylic acids is 1. The second-order valence-corrected chi connectivity index (χ2v) is 12.3. The summed E-state index contributed by atoms with van der Waals surface area (Å²) in [5.41, 5.74) is 3.01. The van der Waals surface area contributed by atoms with Gasteiger partial charge in [-0.3, -0.25) is 14.3 Å². The summed E-state index contributed by atoms with van der Waals surface area (Å²) in [6, 6.07) is 12.8. The SMILES string of the molecule is CC(=O)O.CC(C)[PH+](c1ccccc1S(=O)(=O)O)C(C)C.Cc1cccc(C)n1.[Pd]. The maximum Gasteiger partial charge on any atom is 0.300 e. The second kappa shape index (κ2) is 14.8. The predicted molar refractivity (Wildman–Crippen MR) is 121 cm³/mol. The van der Waals surface area contributed by atoms with Crippen molar-refractivity contribution in [3.05, 3.63) is 53.9 Å². The van der Waals surface area contributed by atoms with Crippen molar-refractivity contribution in [1.82, 2.24) is 4.98 Å². The van der Waals surface area contributed by atoms with Crippen LogP contribution in [0.3, 0.4) is 0 Å². The Hall–Kier alpha value is -1.16. The van der Waals surface area contributed by atoms with Crippen LogP contribution in [0.2, 0.25) is 0 Å². The van der Waals surface area contributed by atoms with Crippen LogP contribution in [0.15, 0.2) is 47.4 Å². The van der Waals surface area contributed by atoms with E-state index in [1.54, 1.807) is 6.07 Å². The molecule has 0 atom stereocenters. The van der Waals surface area contributed by atoms with Crippen LogP contribution < -0.4 is 5.30 Å². The van der Waals surface area contributed by atoms with Gasteiger partial charge in [0.25, 0.3) is 16.1 Å². The zero-order valence-corrected chi connectivity index (χ0v) is 21.9. The van der Waals surface area contributed by atoms with Gasteiger partial charge < -0.3 is 5.11 Å². The molecule has 2 aromatic rings. The maximum atomic E-state index is 11.4. The monoisotopic (exact) mass is 548 g/mol. The summed E-state index contributed by atoms with van der Waals surface area (Å²) >= 11 is 0. The van der Waals surface area contributed by atoms with E-state index in [4.69, 9.17) is 9.90 Å². The molecule has 0 radical (unpaired) electrons. The number of rotatable bonds is 4. The van der Waals surface area contributed by atoms with Crippen LogP contribution in [0.25, 0.3) is 0 Å². The molecule has 0 fully saturated rings. The minimum atomic E-state index is -4.12. The van der Waals surface area contributed by atoms with Gasteiger partial charge in [-0.15, -0.1) is 0 Å². The van der Waals surface area contributed by atoms with Gasteiger partial charge >= 0.3 is 0 Å². The van der Waals surface area contributed by atoms with E-state index in [1.807, 2.05) is 44.2 Å². The van der Waals surface area contributed by atoms with Gasteiger partial charge in [0, 0.05) is 46.7 Å². The molecule has 0 aliphatic rings. The predicted octanol–water partition coefficient (Wildman–Crippen LogP) is 4.38. The van der Waals surface area contributed by atoms with Gasteiger partial charge in [0.15, 0.2) is 0 Å². The molecule has 2 rings (SSSR count). The maximum absolute atomic E-state index is 11.4. The number of aliphatic carboxylic acids is 1. The Bertz CT molecular complexity index is 859. The Kier molecular flexibility index (Phi) is 15.3. The first-order valence-electron chi connectivity index (χ1n) is 9.30. The fourth-order valence-electron chi connectivity index (χ4n) is 2.90. The van der Waals surface area contributed by atoms with Gasteiger partial charge in [-0.2, -0.15) is 8.42 Å². The summed E-state index contributed by atoms with van der Waals surface area (Å²) in [6.45, 7) is 13.5. The number of aryl methyl sites for hydroxylation is 2. The number of pyridine rings is 1. The number of carboxylic acid groups (broad SMARTS) is 1. The van der Waals surface area contributed by atoms with Crippen molar-refractivity contribution in [2.24, 2.45) is 0 Å². The van der Waals surface area contributed by atoms with E-state index in [0.29, 0.717) is 11.3 Å². The third-order valence-electron chi connectivity index (χ3n) is 3.75. The molecule has 0 amide bonds. The summed E-state index contributed by atoms with van der Waals surface area (Å²) in [5.74, 6) is -0.833. The molecule has 1 heterocycles. The molecule has 1 aromatic carbocycles. The van der Waals surface area contributed by atoms with Gasteiger partial charge in [-0.1, -0.05) is 18.2 Å². The normalized spacial score (nSPS) is 10.5. The fraction of sp³-hybridized carbons (Fsp3) is 0.429. The Balaban J connectivity index is 0. The van der Waals surface area contributed by atoms with E-state index in [2.05, 4.69) is 32.7 Å². The van der Waals surface area contributed by atoms with Crippen molar-refractivity contribution < 1.29 is 43.3 Å². The van der Waals surface area contributed by atoms with E-state index in [-0.39, 0.29) is 25.3 Å². The standard InChI is InChI=1S/C12H19O3PS.C7H9N.C2H4O2.Pd/c1-9(2)16(10(3)4)11-7-5-6-8-12(11)17(13,14)15;1-6-4-3-5-7(2)8-6;1-2(3)4;/h5-10H,1-4H3,(H,13,14,15);3-5H,1-2H3;1H3,(H,3,4);/p+1. The van der Waals surface area contributed by atoms with Crippen LogP contribution in [0.4, 0.5) is 0 Å². The summed E-state index contributed by atoms with van der Waals surface area (Å²) in [6.07, 6.45) is 0. The number of hydrogen-bond donors (Lipinski definition) is 2. The summed E-state index contributed by atoms with van der Waals surface area (Å²) in [5, 5.41) is 8.23. The third kappa shape index (κ3) is 12.5. The molecular weight excluding hydrogens is 516 g/mol. The Morgan fingerprint density at radius 1 is 0.933 bits per heavy atom. The van der Waals surface area contributed by atoms with Gasteiger partial charge in [0.2, 0.25) is 0 Å². The van der Waals surface area contributed by atoms with Crippen LogP contribution in [0, 0.1) is 13.8 Å². The molecule has 0 aliphatic carbocycles. The first-order chi connectivity index (χ1) is 13.3. The fourth-order valence-corrected chi connectivity index (χ4v) is 7.47. The number of benzene rings is 1. The van der Waals surface area contributed by atoms with Crippen molar-refractivity contribution in [3.8, 4) is 0 Å². The number of hydrogen-bond acceptors (Lipinski definition) is 4. The van der Waals surface area contributed by atoms with Gasteiger partial charge in [-0.25, -0.2) is 0 Å². The number of aromatic nitrogens is 1. The van der Waals surface area contributed by atoms with Crippen LogP contribution in [0.5, 0.6) is 0 Å². The molecule has 0 spiro atoms. The van der Waals surface area contributed by atoms with E-state index < -0.39 is 24.0 Å². The van der Waals surface area contributed by atoms with Crippen LogP contribution >= 0.6 is 7.92 Å². The number of nitrogens with zero attached hydrogens (tertiary/aromatic N) is 1. The number of carbonyl (C=O) groups is 1. The average molecular weight is 549 g/mol. The van der Waals surface area contributed by atoms with Gasteiger partial charge in [0.05, 0.1) is 11.3 Å². The van der Waals surface area contributed by atoms with Crippen molar-refractivity contribution in [3.63, 3.8) is 0 Å². The van der Waals surface area contributed by atoms with E-state index >= 15 is 0 Å². The minimum Gasteiger partial charge on any atom is -0.481 e. The first kappa shape index (κ1) is 31.0. The van der Waals surface area contributed by atoms with E-state index in [1.165, 1.54) is 6.07 Å². The molecule has 0 bridgehead atoms. The van der Waals surface area contributed by atoms with Gasteiger partial charge in [0.1, 0.15) is 10.2 Å². The van der Waals surface area contributed by atoms with E-state index in [9.17, 15) is 13.0 Å². The van der Waals surface area contributed by atoms with Crippen LogP contribution in [0.1, 0.15) is 46.0 Å². The molecule has 9 heteroatoms. The molecule has 172 valence electrons. The zero-order chi connectivity index (χ0) is 22.8. The van der Waals surface area contributed by atoms with Crippen molar-refractivity contribution >= 4 is 29.3 Å². The molecule has 0 saturated heterocycles. The zero-order valence-electron chi connectivity index (χ0n) is 18.5. The quantitative estimate of drug-likeness (QED) is 0.334. The van der Waals surface area contributed by atoms with Crippen LogP contribution in [-0.2, 0) is 35.3 Å². The Labute approximate surface area is 195 Å². The largest absolute Gasteiger partial charge is 0.481 e. The molecule has 2 N–H and O–H groups in total. The Morgan fingerprint density at radius 3 is 1.63 bits per heavy atom. The molecule has 30 heavy (non-hydrogen) atoms. The minimum absolute atomic E-state index is 0. The molecule has 6 nitrogen and oxygen atoms in total.